The van der Waals surface area contributed by atoms with Crippen molar-refractivity contribution in [2.75, 3.05) is 12.4 Å². The van der Waals surface area contributed by atoms with Crippen molar-refractivity contribution < 1.29 is 0 Å². The van der Waals surface area contributed by atoms with Gasteiger partial charge in [0, 0.05) is 11.8 Å². The maximum atomic E-state index is 5.92. The smallest absolute Gasteiger partial charge is 0.150 e. The Morgan fingerprint density at radius 2 is 1.69 bits per heavy atom. The molecule has 0 fully saturated rings. The molecular weight excluding hydrogens is 213 g/mol. The molecule has 0 aliphatic heterocycles. The first-order valence-corrected chi connectivity index (χ1v) is 7.14. The van der Waals surface area contributed by atoms with Crippen molar-refractivity contribution in [3.8, 4) is 11.1 Å². The van der Waals surface area contributed by atoms with Crippen LogP contribution in [0.5, 0.6) is 0 Å². The van der Waals surface area contributed by atoms with Gasteiger partial charge in [0.25, 0.3) is 0 Å². The molecule has 16 heavy (non-hydrogen) atoms. The Bertz CT molecular complexity index is 518. The van der Waals surface area contributed by atoms with E-state index in [1.807, 2.05) is 30.3 Å². The van der Waals surface area contributed by atoms with Crippen LogP contribution in [-0.2, 0) is 0 Å². The largest absolute Gasteiger partial charge is 0.399 e. The first-order valence-electron chi connectivity index (χ1n) is 5.17. The van der Waals surface area contributed by atoms with Crippen LogP contribution >= 0.6 is 7.55 Å². The Balaban J connectivity index is 2.54. The van der Waals surface area contributed by atoms with E-state index in [2.05, 4.69) is 31.2 Å². The molecule has 2 N–H and O–H groups in total. The summed E-state index contributed by atoms with van der Waals surface area (Å²) < 4.78 is 0. The fraction of sp³-hybridized carbons (Fsp3) is 0.0714. The maximum Gasteiger partial charge on any atom is 0.150 e. The van der Waals surface area contributed by atoms with Gasteiger partial charge in [-0.3, -0.25) is 0 Å². The molecule has 0 saturated heterocycles. The number of rotatable bonds is 2. The van der Waals surface area contributed by atoms with Crippen LogP contribution in [0, 0.1) is 0 Å². The van der Waals surface area contributed by atoms with Crippen molar-refractivity contribution in [1.29, 1.82) is 0 Å². The highest BCUT2D eigenvalue weighted by atomic mass is 31.1. The molecule has 2 rings (SSSR count). The zero-order valence-corrected chi connectivity index (χ0v) is 10.2. The predicted molar refractivity (Wildman–Crippen MR) is 75.9 cm³/mol. The van der Waals surface area contributed by atoms with E-state index >= 15 is 0 Å². The molecule has 0 amide bonds. The molecule has 2 heteroatoms. The first-order chi connectivity index (χ1) is 7.66. The van der Waals surface area contributed by atoms with Crippen LogP contribution in [0.1, 0.15) is 0 Å². The summed E-state index contributed by atoms with van der Waals surface area (Å²) >= 11 is 0. The van der Waals surface area contributed by atoms with E-state index in [0.29, 0.717) is 0 Å². The van der Waals surface area contributed by atoms with Crippen LogP contribution in [0.4, 0.5) is 5.69 Å². The van der Waals surface area contributed by atoms with Gasteiger partial charge in [0.1, 0.15) is 19.5 Å². The van der Waals surface area contributed by atoms with Crippen LogP contribution in [0.25, 0.3) is 11.1 Å². The second kappa shape index (κ2) is 4.51. The van der Waals surface area contributed by atoms with Crippen LogP contribution in [0.2, 0.25) is 0 Å². The minimum Gasteiger partial charge on any atom is -0.399 e. The lowest BCUT2D eigenvalue weighted by Gasteiger charge is -2.03. The third-order valence-electron chi connectivity index (χ3n) is 2.49. The summed E-state index contributed by atoms with van der Waals surface area (Å²) in [7, 11) is -0.348. The monoisotopic (exact) mass is 228 g/mol. The lowest BCUT2D eigenvalue weighted by Crippen LogP contribution is -1.99. The topological polar surface area (TPSA) is 26.0 Å². The molecule has 0 radical (unpaired) electrons. The molecule has 0 heterocycles. The first kappa shape index (κ1) is 10.9. The highest BCUT2D eigenvalue weighted by molar-refractivity contribution is 7.62. The van der Waals surface area contributed by atoms with Gasteiger partial charge >= 0.3 is 0 Å². The average molecular weight is 228 g/mol. The van der Waals surface area contributed by atoms with Crippen LogP contribution in [0.3, 0.4) is 0 Å². The third kappa shape index (κ3) is 2.32. The summed E-state index contributed by atoms with van der Waals surface area (Å²) in [6, 6.07) is 16.5. The van der Waals surface area contributed by atoms with Crippen LogP contribution < -0.4 is 11.0 Å². The molecule has 0 aliphatic carbocycles. The van der Waals surface area contributed by atoms with Gasteiger partial charge in [-0.05, 0) is 23.3 Å². The minimum atomic E-state index is -0.348. The molecule has 0 saturated carbocycles. The zero-order valence-electron chi connectivity index (χ0n) is 9.35. The van der Waals surface area contributed by atoms with Gasteiger partial charge in [-0.15, -0.1) is 0 Å². The van der Waals surface area contributed by atoms with Crippen molar-refractivity contribution in [3.05, 3.63) is 48.5 Å². The molecule has 1 nitrogen and oxygen atoms in total. The van der Waals surface area contributed by atoms with E-state index in [-0.39, 0.29) is 7.55 Å². The van der Waals surface area contributed by atoms with Gasteiger partial charge in [0.05, 0.1) is 6.30 Å². The summed E-state index contributed by atoms with van der Waals surface area (Å²) in [5.41, 5.74) is 9.11. The summed E-state index contributed by atoms with van der Waals surface area (Å²) in [4.78, 5) is 0. The highest BCUT2D eigenvalue weighted by Gasteiger charge is 2.08. The molecule has 2 aromatic rings. The molecule has 0 spiro atoms. The lowest BCUT2D eigenvalue weighted by atomic mass is 10.1. The van der Waals surface area contributed by atoms with Gasteiger partial charge in [-0.2, -0.15) is 0 Å². The number of anilines is 1. The van der Waals surface area contributed by atoms with Gasteiger partial charge in [0.2, 0.25) is 0 Å². The Morgan fingerprint density at radius 3 is 2.31 bits per heavy atom. The van der Waals surface area contributed by atoms with E-state index in [1.54, 1.807) is 0 Å². The Morgan fingerprint density at radius 1 is 1.00 bits per heavy atom. The molecule has 1 unspecified atom stereocenters. The standard InChI is InChI=1S/C14H15NP/c1-16(2)14-9-12(8-13(15)10-14)11-6-4-3-5-7-11/h3-10H,1,15H2,2H3/q+1. The number of hydrogen-bond acceptors (Lipinski definition) is 1. The second-order valence-electron chi connectivity index (χ2n) is 3.88. The van der Waals surface area contributed by atoms with E-state index < -0.39 is 0 Å². The molecule has 80 valence electrons. The van der Waals surface area contributed by atoms with E-state index in [4.69, 9.17) is 5.73 Å². The summed E-state index contributed by atoms with van der Waals surface area (Å²) in [5.74, 6) is 0. The Labute approximate surface area is 97.3 Å². The van der Waals surface area contributed by atoms with Crippen LogP contribution in [-0.4, -0.2) is 13.0 Å². The predicted octanol–water partition coefficient (Wildman–Crippen LogP) is 3.10. The molecular formula is C14H15NP+. The van der Waals surface area contributed by atoms with Gasteiger partial charge in [0.15, 0.2) is 0 Å². The maximum absolute atomic E-state index is 5.92. The summed E-state index contributed by atoms with van der Waals surface area (Å²) in [5, 5.41) is 1.24. The minimum absolute atomic E-state index is 0.348. The average Bonchev–Trinajstić information content (AvgIpc) is 2.29. The van der Waals surface area contributed by atoms with Gasteiger partial charge in [-0.25, -0.2) is 0 Å². The number of nitrogens with two attached hydrogens (primary N) is 1. The van der Waals surface area contributed by atoms with Gasteiger partial charge in [-0.1, -0.05) is 30.3 Å². The van der Waals surface area contributed by atoms with Gasteiger partial charge < -0.3 is 5.73 Å². The van der Waals surface area contributed by atoms with E-state index in [9.17, 15) is 0 Å². The molecule has 2 aromatic carbocycles. The molecule has 1 atom stereocenters. The fourth-order valence-corrected chi connectivity index (χ4v) is 2.38. The lowest BCUT2D eigenvalue weighted by molar-refractivity contribution is 1.63. The second-order valence-corrected chi connectivity index (χ2v) is 5.79. The quantitative estimate of drug-likeness (QED) is 0.620. The van der Waals surface area contributed by atoms with Crippen molar-refractivity contribution in [1.82, 2.24) is 0 Å². The Hall–Kier alpha value is -1.59. The number of nitrogen functional groups attached to an aromatic ring is 1. The SMILES string of the molecule is C=[P+](C)c1cc(N)cc(-c2ccccc2)c1. The number of hydrogen-bond donors (Lipinski definition) is 1. The molecule has 0 aliphatic rings. The van der Waals surface area contributed by atoms with E-state index in [0.717, 1.165) is 5.69 Å². The summed E-state index contributed by atoms with van der Waals surface area (Å²) in [6.07, 6.45) is 4.09. The van der Waals surface area contributed by atoms with E-state index in [1.165, 1.54) is 16.4 Å². The van der Waals surface area contributed by atoms with Crippen molar-refractivity contribution >= 4 is 24.8 Å². The van der Waals surface area contributed by atoms with Crippen molar-refractivity contribution in [2.45, 2.75) is 0 Å². The normalized spacial score (nSPS) is 11.2. The zero-order chi connectivity index (χ0) is 11.5. The molecule has 0 bridgehead atoms. The van der Waals surface area contributed by atoms with Crippen molar-refractivity contribution in [3.63, 3.8) is 0 Å². The van der Waals surface area contributed by atoms with Crippen LogP contribution in [0.15, 0.2) is 48.5 Å². The summed E-state index contributed by atoms with van der Waals surface area (Å²) in [6.45, 7) is 2.14. The fourth-order valence-electron chi connectivity index (χ4n) is 1.65. The molecule has 0 aromatic heterocycles. The van der Waals surface area contributed by atoms with Crippen molar-refractivity contribution in [2.24, 2.45) is 0 Å². The third-order valence-corrected chi connectivity index (χ3v) is 3.63. The highest BCUT2D eigenvalue weighted by Crippen LogP contribution is 2.24. The Kier molecular flexibility index (Phi) is 3.07. The number of benzene rings is 2.